The third-order valence-electron chi connectivity index (χ3n) is 3.98. The van der Waals surface area contributed by atoms with Gasteiger partial charge in [-0.1, -0.05) is 31.1 Å². The van der Waals surface area contributed by atoms with E-state index in [4.69, 9.17) is 14.0 Å². The van der Waals surface area contributed by atoms with E-state index in [1.807, 2.05) is 32.0 Å². The molecule has 0 aliphatic carbocycles. The molecule has 8 nitrogen and oxygen atoms in total. The average Bonchev–Trinajstić information content (AvgIpc) is 3.15. The number of carbonyl (C=O) groups excluding carboxylic acids is 2. The molecule has 1 atom stereocenters. The van der Waals surface area contributed by atoms with Gasteiger partial charge in [0.25, 0.3) is 5.91 Å². The molecule has 0 saturated heterocycles. The first-order chi connectivity index (χ1) is 13.4. The Morgan fingerprint density at radius 1 is 1.25 bits per heavy atom. The Labute approximate surface area is 164 Å². The largest absolute Gasteiger partial charge is 0.496 e. The molecule has 1 aromatic carbocycles. The van der Waals surface area contributed by atoms with Gasteiger partial charge in [-0.05, 0) is 31.4 Å². The zero-order valence-corrected chi connectivity index (χ0v) is 16.7. The highest BCUT2D eigenvalue weighted by Gasteiger charge is 2.19. The maximum Gasteiger partial charge on any atom is 0.407 e. The Morgan fingerprint density at radius 3 is 2.68 bits per heavy atom. The second-order valence-corrected chi connectivity index (χ2v) is 6.68. The maximum atomic E-state index is 12.4. The van der Waals surface area contributed by atoms with Crippen LogP contribution >= 0.6 is 0 Å². The van der Waals surface area contributed by atoms with Crippen LogP contribution in [0.1, 0.15) is 37.7 Å². The highest BCUT2D eigenvalue weighted by atomic mass is 16.5. The number of nitrogens with one attached hydrogen (secondary N) is 2. The maximum absolute atomic E-state index is 12.4. The normalized spacial score (nSPS) is 11.8. The molecule has 0 spiro atoms. The Morgan fingerprint density at radius 2 is 2.00 bits per heavy atom. The highest BCUT2D eigenvalue weighted by Crippen LogP contribution is 2.29. The van der Waals surface area contributed by atoms with E-state index < -0.39 is 6.09 Å². The molecule has 152 valence electrons. The van der Waals surface area contributed by atoms with Gasteiger partial charge < -0.3 is 24.6 Å². The lowest BCUT2D eigenvalue weighted by atomic mass is 10.0. The molecule has 1 unspecified atom stereocenters. The topological polar surface area (TPSA) is 103 Å². The van der Waals surface area contributed by atoms with Crippen LogP contribution in [-0.4, -0.2) is 43.5 Å². The molecular formula is C20H27N3O5. The second-order valence-electron chi connectivity index (χ2n) is 6.68. The number of carbonyl (C=O) groups is 2. The van der Waals surface area contributed by atoms with E-state index in [2.05, 4.69) is 15.8 Å². The molecule has 0 aliphatic rings. The van der Waals surface area contributed by atoms with Gasteiger partial charge in [-0.25, -0.2) is 4.79 Å². The van der Waals surface area contributed by atoms with Crippen LogP contribution in [-0.2, 0) is 4.74 Å². The van der Waals surface area contributed by atoms with E-state index in [-0.39, 0.29) is 30.8 Å². The van der Waals surface area contributed by atoms with E-state index in [0.717, 1.165) is 0 Å². The standard InChI is InChI=1S/C20H27N3O5/c1-5-27-20(25)22-14(10-13(2)3)12-21-19(24)16-11-18(28-23-16)15-8-6-7-9-17(15)26-4/h6-9,11,13-14H,5,10,12H2,1-4H3,(H,21,24)(H,22,25). The molecule has 2 N–H and O–H groups in total. The summed E-state index contributed by atoms with van der Waals surface area (Å²) in [5, 5.41) is 9.39. The van der Waals surface area contributed by atoms with Crippen molar-refractivity contribution < 1.29 is 23.6 Å². The Balaban J connectivity index is 2.01. The third kappa shape index (κ3) is 6.00. The minimum atomic E-state index is -0.498. The van der Waals surface area contributed by atoms with Crippen molar-refractivity contribution in [3.63, 3.8) is 0 Å². The predicted molar refractivity (Wildman–Crippen MR) is 104 cm³/mol. The predicted octanol–water partition coefficient (Wildman–Crippen LogP) is 3.24. The summed E-state index contributed by atoms with van der Waals surface area (Å²) in [6.07, 6.45) is 0.201. The first-order valence-electron chi connectivity index (χ1n) is 9.26. The number of ether oxygens (including phenoxy) is 2. The molecule has 0 radical (unpaired) electrons. The van der Waals surface area contributed by atoms with E-state index in [1.54, 1.807) is 26.2 Å². The van der Waals surface area contributed by atoms with Gasteiger partial charge in [0.05, 0.1) is 19.3 Å². The number of hydrogen-bond donors (Lipinski definition) is 2. The second kappa shape index (κ2) is 10.3. The molecule has 1 aromatic heterocycles. The van der Waals surface area contributed by atoms with Crippen molar-refractivity contribution in [1.82, 2.24) is 15.8 Å². The average molecular weight is 389 g/mol. The van der Waals surface area contributed by atoms with Gasteiger partial charge in [0, 0.05) is 18.7 Å². The zero-order valence-electron chi connectivity index (χ0n) is 16.7. The van der Waals surface area contributed by atoms with Crippen molar-refractivity contribution in [3.05, 3.63) is 36.0 Å². The monoisotopic (exact) mass is 389 g/mol. The molecule has 0 fully saturated rings. The number of para-hydroxylation sites is 1. The first kappa shape index (κ1) is 21.3. The summed E-state index contributed by atoms with van der Waals surface area (Å²) >= 11 is 0. The molecule has 8 heteroatoms. The lowest BCUT2D eigenvalue weighted by Crippen LogP contribution is -2.44. The molecule has 0 aliphatic heterocycles. The van der Waals surface area contributed by atoms with Gasteiger partial charge in [-0.3, -0.25) is 4.79 Å². The van der Waals surface area contributed by atoms with Crippen molar-refractivity contribution in [2.24, 2.45) is 5.92 Å². The van der Waals surface area contributed by atoms with Crippen LogP contribution in [0.5, 0.6) is 5.75 Å². The lowest BCUT2D eigenvalue weighted by Gasteiger charge is -2.20. The van der Waals surface area contributed by atoms with Gasteiger partial charge >= 0.3 is 6.09 Å². The third-order valence-corrected chi connectivity index (χ3v) is 3.98. The van der Waals surface area contributed by atoms with Crippen LogP contribution in [0.25, 0.3) is 11.3 Å². The van der Waals surface area contributed by atoms with Crippen molar-refractivity contribution >= 4 is 12.0 Å². The fourth-order valence-corrected chi connectivity index (χ4v) is 2.77. The number of benzene rings is 1. The number of alkyl carbamates (subject to hydrolysis) is 1. The first-order valence-corrected chi connectivity index (χ1v) is 9.26. The van der Waals surface area contributed by atoms with Gasteiger partial charge in [0.15, 0.2) is 11.5 Å². The van der Waals surface area contributed by atoms with E-state index in [0.29, 0.717) is 29.4 Å². The highest BCUT2D eigenvalue weighted by molar-refractivity contribution is 5.93. The van der Waals surface area contributed by atoms with Gasteiger partial charge in [0.2, 0.25) is 0 Å². The van der Waals surface area contributed by atoms with Crippen LogP contribution in [0.2, 0.25) is 0 Å². The summed E-state index contributed by atoms with van der Waals surface area (Å²) in [6, 6.07) is 8.63. The van der Waals surface area contributed by atoms with E-state index in [9.17, 15) is 9.59 Å². The van der Waals surface area contributed by atoms with Gasteiger partial charge in [-0.15, -0.1) is 0 Å². The molecule has 0 bridgehead atoms. The Hall–Kier alpha value is -3.03. The number of rotatable bonds is 9. The number of nitrogens with zero attached hydrogens (tertiary/aromatic N) is 1. The summed E-state index contributed by atoms with van der Waals surface area (Å²) in [6.45, 7) is 6.37. The number of amides is 2. The van der Waals surface area contributed by atoms with Crippen LogP contribution < -0.4 is 15.4 Å². The SMILES string of the molecule is CCOC(=O)NC(CNC(=O)c1cc(-c2ccccc2OC)on1)CC(C)C. The smallest absolute Gasteiger partial charge is 0.407 e. The van der Waals surface area contributed by atoms with Crippen LogP contribution in [0, 0.1) is 5.92 Å². The van der Waals surface area contributed by atoms with Crippen molar-refractivity contribution in [2.45, 2.75) is 33.2 Å². The van der Waals surface area contributed by atoms with E-state index in [1.165, 1.54) is 0 Å². The minimum absolute atomic E-state index is 0.153. The van der Waals surface area contributed by atoms with Crippen molar-refractivity contribution in [3.8, 4) is 17.1 Å². The molecule has 28 heavy (non-hydrogen) atoms. The number of hydrogen-bond acceptors (Lipinski definition) is 6. The quantitative estimate of drug-likeness (QED) is 0.682. The molecular weight excluding hydrogens is 362 g/mol. The zero-order chi connectivity index (χ0) is 20.5. The van der Waals surface area contributed by atoms with E-state index >= 15 is 0 Å². The molecule has 2 amide bonds. The number of methoxy groups -OCH3 is 1. The summed E-state index contributed by atoms with van der Waals surface area (Å²) in [5.74, 6) is 1.02. The van der Waals surface area contributed by atoms with Crippen molar-refractivity contribution in [2.75, 3.05) is 20.3 Å². The summed E-state index contributed by atoms with van der Waals surface area (Å²) in [7, 11) is 1.56. The Bertz CT molecular complexity index is 788. The molecule has 0 saturated carbocycles. The van der Waals surface area contributed by atoms with Gasteiger partial charge in [-0.2, -0.15) is 0 Å². The van der Waals surface area contributed by atoms with Crippen molar-refractivity contribution in [1.29, 1.82) is 0 Å². The lowest BCUT2D eigenvalue weighted by molar-refractivity contribution is 0.0935. The fourth-order valence-electron chi connectivity index (χ4n) is 2.77. The minimum Gasteiger partial charge on any atom is -0.496 e. The summed E-state index contributed by atoms with van der Waals surface area (Å²) < 4.78 is 15.5. The molecule has 2 aromatic rings. The van der Waals surface area contributed by atoms with Crippen LogP contribution in [0.4, 0.5) is 4.79 Å². The van der Waals surface area contributed by atoms with Crippen LogP contribution in [0.3, 0.4) is 0 Å². The van der Waals surface area contributed by atoms with Gasteiger partial charge in [0.1, 0.15) is 5.75 Å². The van der Waals surface area contributed by atoms with Crippen LogP contribution in [0.15, 0.2) is 34.9 Å². The Kier molecular flexibility index (Phi) is 7.86. The fraction of sp³-hybridized carbons (Fsp3) is 0.450. The summed E-state index contributed by atoms with van der Waals surface area (Å²) in [4.78, 5) is 24.1. The molecule has 2 rings (SSSR count). The summed E-state index contributed by atoms with van der Waals surface area (Å²) in [5.41, 5.74) is 0.860. The number of aromatic nitrogens is 1. The molecule has 1 heterocycles.